The van der Waals surface area contributed by atoms with Crippen LogP contribution in [0.1, 0.15) is 5.56 Å². The first-order valence-corrected chi connectivity index (χ1v) is 5.04. The third kappa shape index (κ3) is 2.25. The standard InChI is InChI=1S/C11H13NO4/c12-8(11(13)14)5-7-1-2-9-10(6-7)16-4-3-15-9/h1-2,6,8H,3-5,12H2,(H,13,14)/t8-/m0/s1. The van der Waals surface area contributed by atoms with E-state index in [2.05, 4.69) is 0 Å². The van der Waals surface area contributed by atoms with Crippen LogP contribution < -0.4 is 15.2 Å². The predicted octanol–water partition coefficient (Wildman–Crippen LogP) is 0.412. The first-order valence-electron chi connectivity index (χ1n) is 5.04. The summed E-state index contributed by atoms with van der Waals surface area (Å²) in [6.07, 6.45) is 0.284. The van der Waals surface area contributed by atoms with Crippen LogP contribution in [0.4, 0.5) is 0 Å². The largest absolute Gasteiger partial charge is 0.486 e. The Morgan fingerprint density at radius 3 is 2.75 bits per heavy atom. The topological polar surface area (TPSA) is 81.8 Å². The van der Waals surface area contributed by atoms with Crippen LogP contribution in [0, 0.1) is 0 Å². The molecule has 2 rings (SSSR count). The normalized spacial score (nSPS) is 15.6. The lowest BCUT2D eigenvalue weighted by Crippen LogP contribution is -2.32. The Balaban J connectivity index is 2.14. The van der Waals surface area contributed by atoms with E-state index >= 15 is 0 Å². The molecule has 5 nitrogen and oxygen atoms in total. The van der Waals surface area contributed by atoms with Gasteiger partial charge in [0, 0.05) is 0 Å². The van der Waals surface area contributed by atoms with Crippen LogP contribution in [0.25, 0.3) is 0 Å². The van der Waals surface area contributed by atoms with Crippen molar-refractivity contribution in [3.8, 4) is 11.5 Å². The van der Waals surface area contributed by atoms with Gasteiger partial charge in [-0.15, -0.1) is 0 Å². The number of hydrogen-bond donors (Lipinski definition) is 2. The molecule has 16 heavy (non-hydrogen) atoms. The van der Waals surface area contributed by atoms with Crippen LogP contribution >= 0.6 is 0 Å². The van der Waals surface area contributed by atoms with Gasteiger partial charge in [-0.25, -0.2) is 0 Å². The van der Waals surface area contributed by atoms with Crippen molar-refractivity contribution in [2.45, 2.75) is 12.5 Å². The van der Waals surface area contributed by atoms with Crippen molar-refractivity contribution in [1.29, 1.82) is 0 Å². The summed E-state index contributed by atoms with van der Waals surface area (Å²) >= 11 is 0. The first kappa shape index (κ1) is 10.8. The lowest BCUT2D eigenvalue weighted by atomic mass is 10.1. The number of carbonyl (C=O) groups is 1. The summed E-state index contributed by atoms with van der Waals surface area (Å²) in [7, 11) is 0. The number of benzene rings is 1. The van der Waals surface area contributed by atoms with Gasteiger partial charge in [-0.05, 0) is 24.1 Å². The van der Waals surface area contributed by atoms with Gasteiger partial charge in [0.2, 0.25) is 0 Å². The van der Waals surface area contributed by atoms with E-state index < -0.39 is 12.0 Å². The summed E-state index contributed by atoms with van der Waals surface area (Å²) in [6, 6.07) is 4.47. The monoisotopic (exact) mass is 223 g/mol. The van der Waals surface area contributed by atoms with Gasteiger partial charge >= 0.3 is 5.97 Å². The molecule has 1 aromatic carbocycles. The first-order chi connectivity index (χ1) is 7.66. The van der Waals surface area contributed by atoms with Gasteiger partial charge < -0.3 is 20.3 Å². The van der Waals surface area contributed by atoms with Gasteiger partial charge in [-0.3, -0.25) is 4.79 Å². The second kappa shape index (κ2) is 4.40. The Morgan fingerprint density at radius 1 is 1.38 bits per heavy atom. The van der Waals surface area contributed by atoms with E-state index in [0.29, 0.717) is 24.7 Å². The fourth-order valence-electron chi connectivity index (χ4n) is 1.56. The van der Waals surface area contributed by atoms with Crippen molar-refractivity contribution in [2.75, 3.05) is 13.2 Å². The number of nitrogens with two attached hydrogens (primary N) is 1. The van der Waals surface area contributed by atoms with Gasteiger partial charge in [-0.2, -0.15) is 0 Å². The number of carboxylic acids is 1. The number of hydrogen-bond acceptors (Lipinski definition) is 4. The maximum atomic E-state index is 10.6. The molecule has 0 radical (unpaired) electrons. The molecule has 1 aliphatic rings. The minimum Gasteiger partial charge on any atom is -0.486 e. The zero-order valence-corrected chi connectivity index (χ0v) is 8.68. The lowest BCUT2D eigenvalue weighted by molar-refractivity contribution is -0.138. The molecule has 1 atom stereocenters. The third-order valence-corrected chi connectivity index (χ3v) is 2.38. The maximum Gasteiger partial charge on any atom is 0.320 e. The van der Waals surface area contributed by atoms with Gasteiger partial charge in [0.25, 0.3) is 0 Å². The van der Waals surface area contributed by atoms with Crippen molar-refractivity contribution in [3.05, 3.63) is 23.8 Å². The van der Waals surface area contributed by atoms with E-state index in [1.807, 2.05) is 0 Å². The fraction of sp³-hybridized carbons (Fsp3) is 0.364. The van der Waals surface area contributed by atoms with Gasteiger partial charge in [-0.1, -0.05) is 6.07 Å². The molecule has 0 aliphatic carbocycles. The molecule has 0 unspecified atom stereocenters. The highest BCUT2D eigenvalue weighted by Crippen LogP contribution is 2.30. The summed E-state index contributed by atoms with van der Waals surface area (Å²) in [5.74, 6) is 0.343. The van der Waals surface area contributed by atoms with Crippen molar-refractivity contribution in [1.82, 2.24) is 0 Å². The number of fused-ring (bicyclic) bond motifs is 1. The van der Waals surface area contributed by atoms with Crippen LogP contribution in [-0.4, -0.2) is 30.3 Å². The van der Waals surface area contributed by atoms with E-state index in [-0.39, 0.29) is 6.42 Å². The highest BCUT2D eigenvalue weighted by Gasteiger charge is 2.15. The van der Waals surface area contributed by atoms with E-state index in [1.54, 1.807) is 18.2 Å². The lowest BCUT2D eigenvalue weighted by Gasteiger charge is -2.19. The maximum absolute atomic E-state index is 10.6. The average Bonchev–Trinajstić information content (AvgIpc) is 2.28. The Labute approximate surface area is 92.8 Å². The summed E-state index contributed by atoms with van der Waals surface area (Å²) in [4.78, 5) is 10.6. The number of carboxylic acid groups (broad SMARTS) is 1. The quantitative estimate of drug-likeness (QED) is 0.775. The third-order valence-electron chi connectivity index (χ3n) is 2.38. The number of rotatable bonds is 3. The Kier molecular flexibility index (Phi) is 2.96. The summed E-state index contributed by atoms with van der Waals surface area (Å²) in [5.41, 5.74) is 6.29. The molecule has 0 fully saturated rings. The van der Waals surface area contributed by atoms with Crippen LogP contribution in [0.15, 0.2) is 18.2 Å². The molecule has 0 spiro atoms. The second-order valence-electron chi connectivity index (χ2n) is 3.63. The second-order valence-corrected chi connectivity index (χ2v) is 3.63. The molecular weight excluding hydrogens is 210 g/mol. The van der Waals surface area contributed by atoms with E-state index in [0.717, 1.165) is 5.56 Å². The fourth-order valence-corrected chi connectivity index (χ4v) is 1.56. The van der Waals surface area contributed by atoms with Crippen LogP contribution in [0.2, 0.25) is 0 Å². The van der Waals surface area contributed by atoms with Crippen molar-refractivity contribution in [3.63, 3.8) is 0 Å². The number of aliphatic carboxylic acids is 1. The van der Waals surface area contributed by atoms with Gasteiger partial charge in [0.05, 0.1) is 0 Å². The smallest absolute Gasteiger partial charge is 0.320 e. The van der Waals surface area contributed by atoms with E-state index in [9.17, 15) is 4.79 Å². The SMILES string of the molecule is N[C@@H](Cc1ccc2c(c1)OCCO2)C(=O)O. The Bertz CT molecular complexity index is 405. The molecule has 3 N–H and O–H groups in total. The van der Waals surface area contributed by atoms with E-state index in [4.69, 9.17) is 20.3 Å². The summed E-state index contributed by atoms with van der Waals surface area (Å²) in [6.45, 7) is 1.06. The average molecular weight is 223 g/mol. The molecule has 0 saturated carbocycles. The Morgan fingerprint density at radius 2 is 2.06 bits per heavy atom. The van der Waals surface area contributed by atoms with Crippen LogP contribution in [0.3, 0.4) is 0 Å². The molecule has 1 aromatic rings. The van der Waals surface area contributed by atoms with Gasteiger partial charge in [0.1, 0.15) is 19.3 Å². The summed E-state index contributed by atoms with van der Waals surface area (Å²) < 4.78 is 10.8. The van der Waals surface area contributed by atoms with Crippen LogP contribution in [0.5, 0.6) is 11.5 Å². The van der Waals surface area contributed by atoms with Crippen molar-refractivity contribution in [2.24, 2.45) is 5.73 Å². The molecule has 0 amide bonds. The summed E-state index contributed by atoms with van der Waals surface area (Å²) in [5, 5.41) is 8.70. The van der Waals surface area contributed by atoms with Gasteiger partial charge in [0.15, 0.2) is 11.5 Å². The van der Waals surface area contributed by atoms with E-state index in [1.165, 1.54) is 0 Å². The highest BCUT2D eigenvalue weighted by atomic mass is 16.6. The zero-order valence-electron chi connectivity index (χ0n) is 8.68. The zero-order chi connectivity index (χ0) is 11.5. The molecule has 0 aromatic heterocycles. The minimum absolute atomic E-state index is 0.284. The van der Waals surface area contributed by atoms with Crippen molar-refractivity contribution >= 4 is 5.97 Å². The highest BCUT2D eigenvalue weighted by molar-refractivity contribution is 5.73. The molecular formula is C11H13NO4. The molecule has 0 saturated heterocycles. The Hall–Kier alpha value is -1.75. The van der Waals surface area contributed by atoms with Crippen LogP contribution in [-0.2, 0) is 11.2 Å². The minimum atomic E-state index is -1.00. The molecule has 0 bridgehead atoms. The molecule has 1 heterocycles. The predicted molar refractivity (Wildman–Crippen MR) is 56.7 cm³/mol. The van der Waals surface area contributed by atoms with Crippen molar-refractivity contribution < 1.29 is 19.4 Å². The number of ether oxygens (including phenoxy) is 2. The molecule has 1 aliphatic heterocycles. The molecule has 86 valence electrons. The molecule has 5 heteroatoms.